The lowest BCUT2D eigenvalue weighted by atomic mass is 10.2. The van der Waals surface area contributed by atoms with Crippen LogP contribution in [0.2, 0.25) is 0 Å². The van der Waals surface area contributed by atoms with Gasteiger partial charge < -0.3 is 5.32 Å². The average Bonchev–Trinajstić information content (AvgIpc) is 3.18. The highest BCUT2D eigenvalue weighted by Crippen LogP contribution is 2.30. The normalized spacial score (nSPS) is 20.6. The Kier molecular flexibility index (Phi) is 4.30. The van der Waals surface area contributed by atoms with E-state index in [2.05, 4.69) is 15.7 Å². The molecule has 1 N–H and O–H groups in total. The van der Waals surface area contributed by atoms with E-state index in [1.807, 2.05) is 0 Å². The van der Waals surface area contributed by atoms with Crippen LogP contribution in [0.4, 0.5) is 19.3 Å². The van der Waals surface area contributed by atoms with E-state index in [1.54, 1.807) is 6.07 Å². The number of urea groups is 1. The van der Waals surface area contributed by atoms with Crippen LogP contribution in [0.1, 0.15) is 5.56 Å². The third-order valence-electron chi connectivity index (χ3n) is 4.39. The van der Waals surface area contributed by atoms with Crippen molar-refractivity contribution in [3.63, 3.8) is 0 Å². The molecule has 2 atom stereocenters. The molecule has 1 fully saturated rings. The fourth-order valence-electron chi connectivity index (χ4n) is 3.10. The number of carbonyl (C=O) groups is 3. The Morgan fingerprint density at radius 3 is 2.46 bits per heavy atom. The number of benzene rings is 2. The number of rotatable bonds is 3. The fraction of sp³-hybridized carbons (Fsp3) is 0.167. The molecule has 28 heavy (non-hydrogen) atoms. The molecule has 0 spiro atoms. The zero-order valence-electron chi connectivity index (χ0n) is 14.3. The van der Waals surface area contributed by atoms with Gasteiger partial charge in [-0.15, -0.1) is 0 Å². The number of hydrogen-bond acceptors (Lipinski definition) is 5. The fourth-order valence-corrected chi connectivity index (χ4v) is 3.10. The molecule has 2 aromatic rings. The zero-order chi connectivity index (χ0) is 19.8. The molecular formula is C18H13F2N5O3. The molecule has 142 valence electrons. The van der Waals surface area contributed by atoms with Crippen LogP contribution in [-0.4, -0.2) is 39.8 Å². The molecule has 2 aliphatic heterocycles. The van der Waals surface area contributed by atoms with Gasteiger partial charge in [-0.2, -0.15) is 10.1 Å². The maximum atomic E-state index is 13.4. The highest BCUT2D eigenvalue weighted by Gasteiger charge is 2.55. The number of likely N-dealkylation sites (tertiary alicyclic amines) is 1. The highest BCUT2D eigenvalue weighted by molar-refractivity contribution is 6.11. The van der Waals surface area contributed by atoms with Crippen LogP contribution in [-0.2, 0) is 16.1 Å². The van der Waals surface area contributed by atoms with Crippen LogP contribution < -0.4 is 5.32 Å². The molecule has 4 amide bonds. The molecule has 1 saturated heterocycles. The third-order valence-corrected chi connectivity index (χ3v) is 4.39. The first-order chi connectivity index (χ1) is 13.4. The summed E-state index contributed by atoms with van der Waals surface area (Å²) in [4.78, 5) is 38.6. The van der Waals surface area contributed by atoms with Gasteiger partial charge in [-0.3, -0.25) is 14.5 Å². The average molecular weight is 385 g/mol. The van der Waals surface area contributed by atoms with Crippen molar-refractivity contribution in [2.75, 3.05) is 5.32 Å². The molecular weight excluding hydrogens is 372 g/mol. The summed E-state index contributed by atoms with van der Waals surface area (Å²) < 4.78 is 26.6. The first kappa shape index (κ1) is 17.7. The van der Waals surface area contributed by atoms with Crippen molar-refractivity contribution in [1.29, 1.82) is 0 Å². The summed E-state index contributed by atoms with van der Waals surface area (Å²) in [5.41, 5.74) is 0.589. The summed E-state index contributed by atoms with van der Waals surface area (Å²) >= 11 is 0. The summed E-state index contributed by atoms with van der Waals surface area (Å²) in [5.74, 6) is -2.33. The van der Waals surface area contributed by atoms with Crippen molar-refractivity contribution >= 4 is 23.5 Å². The van der Waals surface area contributed by atoms with Gasteiger partial charge in [-0.1, -0.05) is 23.4 Å². The first-order valence-corrected chi connectivity index (χ1v) is 8.30. The number of halogens is 2. The van der Waals surface area contributed by atoms with Crippen molar-refractivity contribution in [3.8, 4) is 0 Å². The minimum absolute atomic E-state index is 0.142. The number of imide groups is 1. The maximum Gasteiger partial charge on any atom is 0.344 e. The van der Waals surface area contributed by atoms with Gasteiger partial charge >= 0.3 is 6.03 Å². The Labute approximate surface area is 157 Å². The van der Waals surface area contributed by atoms with E-state index in [0.717, 1.165) is 16.0 Å². The van der Waals surface area contributed by atoms with Gasteiger partial charge in [0.15, 0.2) is 12.1 Å². The third kappa shape index (κ3) is 3.08. The number of fused-ring (bicyclic) bond motifs is 1. The predicted molar refractivity (Wildman–Crippen MR) is 91.6 cm³/mol. The molecule has 2 aromatic carbocycles. The maximum absolute atomic E-state index is 13.4. The Morgan fingerprint density at radius 1 is 1.04 bits per heavy atom. The molecule has 0 bridgehead atoms. The summed E-state index contributed by atoms with van der Waals surface area (Å²) in [6.07, 6.45) is 0. The van der Waals surface area contributed by atoms with Crippen LogP contribution >= 0.6 is 0 Å². The smallest absolute Gasteiger partial charge is 0.306 e. The molecule has 2 heterocycles. The second-order valence-electron chi connectivity index (χ2n) is 6.27. The van der Waals surface area contributed by atoms with Gasteiger partial charge in [0.2, 0.25) is 0 Å². The number of anilines is 1. The Bertz CT molecular complexity index is 1010. The van der Waals surface area contributed by atoms with Crippen molar-refractivity contribution < 1.29 is 23.2 Å². The molecule has 0 aliphatic carbocycles. The van der Waals surface area contributed by atoms with Gasteiger partial charge in [0.1, 0.15) is 11.6 Å². The van der Waals surface area contributed by atoms with E-state index < -0.39 is 41.6 Å². The number of hydrogen-bond donors (Lipinski definition) is 1. The summed E-state index contributed by atoms with van der Waals surface area (Å²) in [7, 11) is 0. The second kappa shape index (κ2) is 6.80. The van der Waals surface area contributed by atoms with E-state index >= 15 is 0 Å². The van der Waals surface area contributed by atoms with Crippen LogP contribution in [0.15, 0.2) is 58.9 Å². The van der Waals surface area contributed by atoms with E-state index in [1.165, 1.54) is 36.4 Å². The van der Waals surface area contributed by atoms with Crippen molar-refractivity contribution in [2.45, 2.75) is 18.6 Å². The Morgan fingerprint density at radius 2 is 1.75 bits per heavy atom. The summed E-state index contributed by atoms with van der Waals surface area (Å²) in [6.45, 7) is -0.142. The van der Waals surface area contributed by atoms with Crippen LogP contribution in [0.5, 0.6) is 0 Å². The number of nitrogens with zero attached hydrogens (tertiary/aromatic N) is 4. The Hall–Kier alpha value is -3.69. The van der Waals surface area contributed by atoms with Gasteiger partial charge in [0, 0.05) is 5.69 Å². The van der Waals surface area contributed by atoms with Crippen molar-refractivity contribution in [1.82, 2.24) is 9.91 Å². The highest BCUT2D eigenvalue weighted by atomic mass is 19.1. The standard InChI is InChI=1S/C18H13F2N5O3/c19-11-4-1-3-10(7-11)9-24-16(26)14-15(17(24)27)25(23-22-14)18(28)21-13-6-2-5-12(20)8-13/h1-8,14-15H,9H2,(H,21,28)/t14-,15-/m0/s1. The number of nitrogens with one attached hydrogen (secondary N) is 1. The first-order valence-electron chi connectivity index (χ1n) is 8.30. The predicted octanol–water partition coefficient (Wildman–Crippen LogP) is 2.49. The van der Waals surface area contributed by atoms with Gasteiger partial charge in [-0.25, -0.2) is 13.6 Å². The second-order valence-corrected chi connectivity index (χ2v) is 6.27. The van der Waals surface area contributed by atoms with E-state index in [0.29, 0.717) is 5.56 Å². The van der Waals surface area contributed by atoms with Crippen LogP contribution in [0.3, 0.4) is 0 Å². The SMILES string of the molecule is O=C1[C@H]2N=NN(C(=O)Nc3cccc(F)c3)[C@@H]2C(=O)N1Cc1cccc(F)c1. The van der Waals surface area contributed by atoms with E-state index in [-0.39, 0.29) is 12.2 Å². The van der Waals surface area contributed by atoms with E-state index in [4.69, 9.17) is 0 Å². The van der Waals surface area contributed by atoms with Gasteiger partial charge in [-0.05, 0) is 35.9 Å². The summed E-state index contributed by atoms with van der Waals surface area (Å²) in [5, 5.41) is 10.5. The molecule has 0 saturated carbocycles. The largest absolute Gasteiger partial charge is 0.344 e. The minimum Gasteiger partial charge on any atom is -0.306 e. The van der Waals surface area contributed by atoms with Crippen molar-refractivity contribution in [2.24, 2.45) is 10.3 Å². The van der Waals surface area contributed by atoms with Crippen LogP contribution in [0, 0.1) is 11.6 Å². The molecule has 8 nitrogen and oxygen atoms in total. The number of carbonyl (C=O) groups excluding carboxylic acids is 3. The van der Waals surface area contributed by atoms with Crippen LogP contribution in [0.25, 0.3) is 0 Å². The number of amides is 4. The lowest BCUT2D eigenvalue weighted by molar-refractivity contribution is -0.140. The zero-order valence-corrected chi connectivity index (χ0v) is 14.3. The molecule has 0 unspecified atom stereocenters. The molecule has 0 aromatic heterocycles. The van der Waals surface area contributed by atoms with Crippen molar-refractivity contribution in [3.05, 3.63) is 65.7 Å². The quantitative estimate of drug-likeness (QED) is 0.823. The summed E-state index contributed by atoms with van der Waals surface area (Å²) in [6, 6.07) is 7.48. The molecule has 4 rings (SSSR count). The molecule has 10 heteroatoms. The minimum atomic E-state index is -1.23. The molecule has 0 radical (unpaired) electrons. The van der Waals surface area contributed by atoms with E-state index in [9.17, 15) is 23.2 Å². The Balaban J connectivity index is 1.51. The van der Waals surface area contributed by atoms with Gasteiger partial charge in [0.25, 0.3) is 11.8 Å². The lowest BCUT2D eigenvalue weighted by Gasteiger charge is -2.19. The lowest BCUT2D eigenvalue weighted by Crippen LogP contribution is -2.44. The molecule has 2 aliphatic rings. The topological polar surface area (TPSA) is 94.4 Å². The van der Waals surface area contributed by atoms with Gasteiger partial charge in [0.05, 0.1) is 6.54 Å². The monoisotopic (exact) mass is 385 g/mol.